The number of rotatable bonds is 1. The van der Waals surface area contributed by atoms with Crippen molar-refractivity contribution in [1.29, 1.82) is 0 Å². The van der Waals surface area contributed by atoms with Crippen LogP contribution in [0, 0.1) is 0 Å². The van der Waals surface area contributed by atoms with Crippen molar-refractivity contribution in [3.63, 3.8) is 0 Å². The summed E-state index contributed by atoms with van der Waals surface area (Å²) >= 11 is 0. The van der Waals surface area contributed by atoms with Crippen molar-refractivity contribution in [3.8, 4) is 0 Å². The lowest BCUT2D eigenvalue weighted by atomic mass is 9.96. The van der Waals surface area contributed by atoms with Crippen LogP contribution in [0.3, 0.4) is 0 Å². The van der Waals surface area contributed by atoms with E-state index in [1.54, 1.807) is 18.0 Å². The van der Waals surface area contributed by atoms with Crippen molar-refractivity contribution in [1.82, 2.24) is 9.88 Å². The lowest BCUT2D eigenvalue weighted by Crippen LogP contribution is -2.39. The van der Waals surface area contributed by atoms with Gasteiger partial charge in [-0.2, -0.15) is 0 Å². The van der Waals surface area contributed by atoms with Crippen LogP contribution in [0.15, 0.2) is 23.1 Å². The topological polar surface area (TPSA) is 53.2 Å². The third-order valence-corrected chi connectivity index (χ3v) is 3.11. The number of likely N-dealkylation sites (tertiary alicyclic amines) is 1. The Morgan fingerprint density at radius 3 is 3.00 bits per heavy atom. The summed E-state index contributed by atoms with van der Waals surface area (Å²) in [4.78, 5) is 27.7. The Labute approximate surface area is 94.3 Å². The SMILES string of the molecule is CC(=O)N1CCCC[C@H]1c1ccc[nH]c1=O. The standard InChI is InChI=1S/C12H16N2O2/c1-9(15)14-8-3-2-6-11(14)10-5-4-7-13-12(10)16/h4-5,7,11H,2-3,6,8H2,1H3,(H,13,16)/t11-/m0/s1. The van der Waals surface area contributed by atoms with Crippen molar-refractivity contribution >= 4 is 5.91 Å². The first kappa shape index (κ1) is 10.9. The van der Waals surface area contributed by atoms with Gasteiger partial charge in [-0.15, -0.1) is 0 Å². The number of piperidine rings is 1. The third kappa shape index (κ3) is 2.01. The number of nitrogens with zero attached hydrogens (tertiary/aromatic N) is 1. The Balaban J connectivity index is 2.34. The second kappa shape index (κ2) is 4.51. The van der Waals surface area contributed by atoms with Crippen molar-refractivity contribution in [2.24, 2.45) is 0 Å². The van der Waals surface area contributed by atoms with E-state index in [1.807, 2.05) is 12.1 Å². The summed E-state index contributed by atoms with van der Waals surface area (Å²) in [5, 5.41) is 0. The maximum Gasteiger partial charge on any atom is 0.253 e. The van der Waals surface area contributed by atoms with Crippen molar-refractivity contribution in [2.45, 2.75) is 32.2 Å². The number of nitrogens with one attached hydrogen (secondary N) is 1. The molecule has 1 aliphatic heterocycles. The molecule has 1 fully saturated rings. The van der Waals surface area contributed by atoms with Gasteiger partial charge < -0.3 is 9.88 Å². The zero-order valence-corrected chi connectivity index (χ0v) is 9.40. The van der Waals surface area contributed by atoms with E-state index >= 15 is 0 Å². The van der Waals surface area contributed by atoms with E-state index in [9.17, 15) is 9.59 Å². The number of carbonyl (C=O) groups excluding carboxylic acids is 1. The summed E-state index contributed by atoms with van der Waals surface area (Å²) in [5.41, 5.74) is 0.623. The van der Waals surface area contributed by atoms with E-state index in [0.29, 0.717) is 5.56 Å². The second-order valence-electron chi connectivity index (χ2n) is 4.18. The molecule has 16 heavy (non-hydrogen) atoms. The average Bonchev–Trinajstić information content (AvgIpc) is 2.29. The fourth-order valence-electron chi connectivity index (χ4n) is 2.33. The highest BCUT2D eigenvalue weighted by atomic mass is 16.2. The smallest absolute Gasteiger partial charge is 0.253 e. The van der Waals surface area contributed by atoms with E-state index in [1.165, 1.54) is 0 Å². The Morgan fingerprint density at radius 1 is 1.50 bits per heavy atom. The third-order valence-electron chi connectivity index (χ3n) is 3.11. The molecule has 1 aromatic rings. The van der Waals surface area contributed by atoms with E-state index in [4.69, 9.17) is 0 Å². The molecule has 4 heteroatoms. The van der Waals surface area contributed by atoms with Crippen LogP contribution in [-0.4, -0.2) is 22.3 Å². The van der Waals surface area contributed by atoms with Crippen LogP contribution in [-0.2, 0) is 4.79 Å². The summed E-state index contributed by atoms with van der Waals surface area (Å²) in [6, 6.07) is 3.57. The monoisotopic (exact) mass is 220 g/mol. The predicted octanol–water partition coefficient (Wildman–Crippen LogP) is 1.45. The maximum atomic E-state index is 11.7. The van der Waals surface area contributed by atoms with Gasteiger partial charge in [0.2, 0.25) is 5.91 Å². The normalized spacial score (nSPS) is 20.8. The Morgan fingerprint density at radius 2 is 2.31 bits per heavy atom. The van der Waals surface area contributed by atoms with Crippen LogP contribution in [0.4, 0.5) is 0 Å². The second-order valence-corrected chi connectivity index (χ2v) is 4.18. The summed E-state index contributed by atoms with van der Waals surface area (Å²) in [5.74, 6) is 0.0490. The number of hydrogen-bond acceptors (Lipinski definition) is 2. The van der Waals surface area contributed by atoms with Gasteiger partial charge in [0.15, 0.2) is 0 Å². The average molecular weight is 220 g/mol. The van der Waals surface area contributed by atoms with Gasteiger partial charge in [0.1, 0.15) is 0 Å². The molecule has 0 saturated carbocycles. The van der Waals surface area contributed by atoms with Gasteiger partial charge in [-0.1, -0.05) is 0 Å². The molecule has 2 rings (SSSR count). The van der Waals surface area contributed by atoms with Gasteiger partial charge in [-0.05, 0) is 31.4 Å². The lowest BCUT2D eigenvalue weighted by Gasteiger charge is -2.34. The van der Waals surface area contributed by atoms with E-state index in [0.717, 1.165) is 25.8 Å². The Hall–Kier alpha value is -1.58. The number of carbonyl (C=O) groups is 1. The summed E-state index contributed by atoms with van der Waals surface area (Å²) in [7, 11) is 0. The van der Waals surface area contributed by atoms with Crippen LogP contribution in [0.25, 0.3) is 0 Å². The predicted molar refractivity (Wildman–Crippen MR) is 61.0 cm³/mol. The van der Waals surface area contributed by atoms with E-state index < -0.39 is 0 Å². The number of H-pyrrole nitrogens is 1. The quantitative estimate of drug-likeness (QED) is 0.778. The van der Waals surface area contributed by atoms with Crippen molar-refractivity contribution in [3.05, 3.63) is 34.2 Å². The number of amides is 1. The molecular formula is C12H16N2O2. The molecule has 1 aromatic heterocycles. The lowest BCUT2D eigenvalue weighted by molar-refractivity contribution is -0.132. The molecule has 0 spiro atoms. The number of pyridine rings is 1. The van der Waals surface area contributed by atoms with Gasteiger partial charge in [-0.3, -0.25) is 9.59 Å². The van der Waals surface area contributed by atoms with E-state index in [2.05, 4.69) is 4.98 Å². The molecule has 2 heterocycles. The summed E-state index contributed by atoms with van der Waals surface area (Å²) in [6.07, 6.45) is 4.60. The van der Waals surface area contributed by atoms with Crippen molar-refractivity contribution < 1.29 is 4.79 Å². The number of aromatic nitrogens is 1. The molecule has 1 N–H and O–H groups in total. The molecule has 0 aliphatic carbocycles. The first-order valence-electron chi connectivity index (χ1n) is 5.65. The van der Waals surface area contributed by atoms with Gasteiger partial charge in [-0.25, -0.2) is 0 Å². The molecule has 1 atom stereocenters. The minimum atomic E-state index is -0.0827. The highest BCUT2D eigenvalue weighted by molar-refractivity contribution is 5.73. The summed E-state index contributed by atoms with van der Waals surface area (Å²) in [6.45, 7) is 2.32. The van der Waals surface area contributed by atoms with Gasteiger partial charge in [0.25, 0.3) is 5.56 Å². The Bertz CT molecular complexity index is 439. The first-order chi connectivity index (χ1) is 7.70. The maximum absolute atomic E-state index is 11.7. The largest absolute Gasteiger partial charge is 0.336 e. The Kier molecular flexibility index (Phi) is 3.08. The molecule has 1 amide bonds. The molecule has 4 nitrogen and oxygen atoms in total. The minimum absolute atomic E-state index is 0.0452. The first-order valence-corrected chi connectivity index (χ1v) is 5.65. The van der Waals surface area contributed by atoms with Gasteiger partial charge in [0.05, 0.1) is 6.04 Å². The highest BCUT2D eigenvalue weighted by Gasteiger charge is 2.27. The number of hydrogen-bond donors (Lipinski definition) is 1. The molecule has 0 bridgehead atoms. The van der Waals surface area contributed by atoms with Crippen LogP contribution in [0.1, 0.15) is 37.8 Å². The van der Waals surface area contributed by atoms with Crippen LogP contribution in [0.2, 0.25) is 0 Å². The van der Waals surface area contributed by atoms with Crippen LogP contribution in [0.5, 0.6) is 0 Å². The molecule has 0 unspecified atom stereocenters. The zero-order valence-electron chi connectivity index (χ0n) is 9.40. The molecule has 1 saturated heterocycles. The molecule has 0 aromatic carbocycles. The highest BCUT2D eigenvalue weighted by Crippen LogP contribution is 2.28. The van der Waals surface area contributed by atoms with Crippen LogP contribution < -0.4 is 5.56 Å². The molecule has 1 aliphatic rings. The van der Waals surface area contributed by atoms with Crippen molar-refractivity contribution in [2.75, 3.05) is 6.54 Å². The zero-order chi connectivity index (χ0) is 11.5. The fourth-order valence-corrected chi connectivity index (χ4v) is 2.33. The van der Waals surface area contributed by atoms with Gasteiger partial charge >= 0.3 is 0 Å². The minimum Gasteiger partial charge on any atom is -0.336 e. The van der Waals surface area contributed by atoms with Crippen LogP contribution >= 0.6 is 0 Å². The molecule has 86 valence electrons. The molecule has 0 radical (unpaired) electrons. The summed E-state index contributed by atoms with van der Waals surface area (Å²) < 4.78 is 0. The van der Waals surface area contributed by atoms with E-state index in [-0.39, 0.29) is 17.5 Å². The van der Waals surface area contributed by atoms with Gasteiger partial charge in [0, 0.05) is 25.2 Å². The fraction of sp³-hybridized carbons (Fsp3) is 0.500. The number of aromatic amines is 1. The molecular weight excluding hydrogens is 204 g/mol.